The fourth-order valence-corrected chi connectivity index (χ4v) is 3.16. The topological polar surface area (TPSA) is 15.3 Å². The van der Waals surface area contributed by atoms with E-state index < -0.39 is 0 Å². The van der Waals surface area contributed by atoms with Crippen molar-refractivity contribution in [1.29, 1.82) is 0 Å². The monoisotopic (exact) mass is 238 g/mol. The molecule has 1 saturated carbocycles. The van der Waals surface area contributed by atoms with Crippen LogP contribution >= 0.6 is 0 Å². The van der Waals surface area contributed by atoms with Crippen LogP contribution in [-0.4, -0.2) is 36.6 Å². The molecular formula is C15H30N2. The zero-order chi connectivity index (χ0) is 12.4. The summed E-state index contributed by atoms with van der Waals surface area (Å²) in [6.07, 6.45) is 4.29. The Morgan fingerprint density at radius 2 is 1.94 bits per heavy atom. The quantitative estimate of drug-likeness (QED) is 0.792. The lowest BCUT2D eigenvalue weighted by molar-refractivity contribution is 0.111. The van der Waals surface area contributed by atoms with E-state index in [4.69, 9.17) is 0 Å². The van der Waals surface area contributed by atoms with Gasteiger partial charge in [-0.2, -0.15) is 0 Å². The standard InChI is InChI=1S/C15H30N2/c1-11(2)7-15-10-17(13(4)8-16-15)9-12(3)14-5-6-14/h11-16H,5-10H2,1-4H3. The van der Waals surface area contributed by atoms with Gasteiger partial charge in [-0.25, -0.2) is 0 Å². The number of piperazine rings is 1. The first-order valence-electron chi connectivity index (χ1n) is 7.53. The van der Waals surface area contributed by atoms with Crippen molar-refractivity contribution in [2.75, 3.05) is 19.6 Å². The fraction of sp³-hybridized carbons (Fsp3) is 1.00. The molecule has 2 fully saturated rings. The molecule has 100 valence electrons. The lowest BCUT2D eigenvalue weighted by atomic mass is 9.98. The fourth-order valence-electron chi connectivity index (χ4n) is 3.16. The Morgan fingerprint density at radius 3 is 2.53 bits per heavy atom. The Kier molecular flexibility index (Phi) is 4.48. The predicted molar refractivity (Wildman–Crippen MR) is 74.2 cm³/mol. The SMILES string of the molecule is CC(C)CC1CN(CC(C)C2CC2)C(C)CN1. The molecule has 3 unspecified atom stereocenters. The first kappa shape index (κ1) is 13.4. The summed E-state index contributed by atoms with van der Waals surface area (Å²) in [5.74, 6) is 2.76. The van der Waals surface area contributed by atoms with Gasteiger partial charge in [0, 0.05) is 31.7 Å². The van der Waals surface area contributed by atoms with E-state index in [2.05, 4.69) is 37.9 Å². The maximum atomic E-state index is 3.71. The van der Waals surface area contributed by atoms with E-state index >= 15 is 0 Å². The third-order valence-corrected chi connectivity index (χ3v) is 4.49. The Hall–Kier alpha value is -0.0800. The van der Waals surface area contributed by atoms with E-state index in [1.54, 1.807) is 0 Å². The van der Waals surface area contributed by atoms with Crippen molar-refractivity contribution in [3.63, 3.8) is 0 Å². The van der Waals surface area contributed by atoms with E-state index in [-0.39, 0.29) is 0 Å². The van der Waals surface area contributed by atoms with E-state index in [9.17, 15) is 0 Å². The van der Waals surface area contributed by atoms with Crippen LogP contribution in [0.1, 0.15) is 47.0 Å². The number of hydrogen-bond donors (Lipinski definition) is 1. The first-order valence-corrected chi connectivity index (χ1v) is 7.53. The van der Waals surface area contributed by atoms with Gasteiger partial charge < -0.3 is 5.32 Å². The lowest BCUT2D eigenvalue weighted by Gasteiger charge is -2.40. The number of nitrogens with zero attached hydrogens (tertiary/aromatic N) is 1. The van der Waals surface area contributed by atoms with E-state index in [1.807, 2.05) is 0 Å². The van der Waals surface area contributed by atoms with Crippen LogP contribution in [0.5, 0.6) is 0 Å². The van der Waals surface area contributed by atoms with E-state index in [1.165, 1.54) is 38.9 Å². The number of hydrogen-bond acceptors (Lipinski definition) is 2. The molecule has 1 aliphatic carbocycles. The highest BCUT2D eigenvalue weighted by Crippen LogP contribution is 2.37. The Labute approximate surface area is 107 Å². The summed E-state index contributed by atoms with van der Waals surface area (Å²) in [6.45, 7) is 13.2. The van der Waals surface area contributed by atoms with Gasteiger partial charge >= 0.3 is 0 Å². The average molecular weight is 238 g/mol. The summed E-state index contributed by atoms with van der Waals surface area (Å²) in [4.78, 5) is 2.73. The van der Waals surface area contributed by atoms with Crippen molar-refractivity contribution in [1.82, 2.24) is 10.2 Å². The van der Waals surface area contributed by atoms with Crippen LogP contribution in [0.3, 0.4) is 0 Å². The first-order chi connectivity index (χ1) is 8.06. The smallest absolute Gasteiger partial charge is 0.0198 e. The van der Waals surface area contributed by atoms with Crippen LogP contribution in [0.2, 0.25) is 0 Å². The van der Waals surface area contributed by atoms with Gasteiger partial charge in [0.1, 0.15) is 0 Å². The van der Waals surface area contributed by atoms with Gasteiger partial charge in [-0.1, -0.05) is 20.8 Å². The minimum atomic E-state index is 0.720. The van der Waals surface area contributed by atoms with Crippen molar-refractivity contribution >= 4 is 0 Å². The van der Waals surface area contributed by atoms with Gasteiger partial charge in [0.2, 0.25) is 0 Å². The van der Waals surface area contributed by atoms with E-state index in [0.717, 1.165) is 29.8 Å². The second kappa shape index (κ2) is 5.71. The summed E-state index contributed by atoms with van der Waals surface area (Å²) in [7, 11) is 0. The van der Waals surface area contributed by atoms with Gasteiger partial charge in [0.05, 0.1) is 0 Å². The predicted octanol–water partition coefficient (Wildman–Crippen LogP) is 2.74. The molecule has 3 atom stereocenters. The highest BCUT2D eigenvalue weighted by Gasteiger charge is 2.32. The second-order valence-corrected chi connectivity index (χ2v) is 6.85. The summed E-state index contributed by atoms with van der Waals surface area (Å²) in [6, 6.07) is 1.44. The van der Waals surface area contributed by atoms with Crippen molar-refractivity contribution in [2.45, 2.75) is 59.0 Å². The van der Waals surface area contributed by atoms with E-state index in [0.29, 0.717) is 0 Å². The van der Waals surface area contributed by atoms with Gasteiger partial charge in [0.15, 0.2) is 0 Å². The largest absolute Gasteiger partial charge is 0.311 e. The van der Waals surface area contributed by atoms with Gasteiger partial charge in [-0.05, 0) is 43.9 Å². The third-order valence-electron chi connectivity index (χ3n) is 4.49. The molecular weight excluding hydrogens is 208 g/mol. The molecule has 0 amide bonds. The molecule has 1 N–H and O–H groups in total. The van der Waals surface area contributed by atoms with Crippen molar-refractivity contribution in [3.8, 4) is 0 Å². The Morgan fingerprint density at radius 1 is 1.24 bits per heavy atom. The van der Waals surface area contributed by atoms with Crippen molar-refractivity contribution in [3.05, 3.63) is 0 Å². The van der Waals surface area contributed by atoms with Gasteiger partial charge in [-0.3, -0.25) is 4.90 Å². The van der Waals surface area contributed by atoms with Crippen LogP contribution in [0.15, 0.2) is 0 Å². The van der Waals surface area contributed by atoms with Gasteiger partial charge in [-0.15, -0.1) is 0 Å². The Balaban J connectivity index is 1.81. The molecule has 1 aliphatic heterocycles. The summed E-state index contributed by atoms with van der Waals surface area (Å²) in [5.41, 5.74) is 0. The zero-order valence-corrected chi connectivity index (χ0v) is 12.1. The highest BCUT2D eigenvalue weighted by atomic mass is 15.2. The van der Waals surface area contributed by atoms with Crippen molar-refractivity contribution in [2.24, 2.45) is 17.8 Å². The maximum Gasteiger partial charge on any atom is 0.0198 e. The third kappa shape index (κ3) is 3.96. The average Bonchev–Trinajstić information content (AvgIpc) is 3.05. The molecule has 2 nitrogen and oxygen atoms in total. The second-order valence-electron chi connectivity index (χ2n) is 6.85. The maximum absolute atomic E-state index is 3.71. The number of nitrogens with one attached hydrogen (secondary N) is 1. The molecule has 0 radical (unpaired) electrons. The molecule has 0 spiro atoms. The van der Waals surface area contributed by atoms with Crippen LogP contribution in [0, 0.1) is 17.8 Å². The summed E-state index contributed by atoms with van der Waals surface area (Å²) >= 11 is 0. The summed E-state index contributed by atoms with van der Waals surface area (Å²) in [5, 5.41) is 3.71. The molecule has 2 aliphatic rings. The van der Waals surface area contributed by atoms with Crippen LogP contribution in [0.4, 0.5) is 0 Å². The molecule has 0 bridgehead atoms. The lowest BCUT2D eigenvalue weighted by Crippen LogP contribution is -2.56. The van der Waals surface area contributed by atoms with Crippen LogP contribution in [-0.2, 0) is 0 Å². The molecule has 1 heterocycles. The molecule has 17 heavy (non-hydrogen) atoms. The molecule has 2 heteroatoms. The van der Waals surface area contributed by atoms with Crippen LogP contribution in [0.25, 0.3) is 0 Å². The highest BCUT2D eigenvalue weighted by molar-refractivity contribution is 4.88. The molecule has 0 aromatic heterocycles. The zero-order valence-electron chi connectivity index (χ0n) is 12.1. The normalized spacial score (nSPS) is 33.0. The minimum Gasteiger partial charge on any atom is -0.311 e. The number of rotatable bonds is 5. The van der Waals surface area contributed by atoms with Crippen LogP contribution < -0.4 is 5.32 Å². The van der Waals surface area contributed by atoms with Crippen molar-refractivity contribution < 1.29 is 0 Å². The summed E-state index contributed by atoms with van der Waals surface area (Å²) < 4.78 is 0. The molecule has 0 aromatic rings. The Bertz CT molecular complexity index is 235. The van der Waals surface area contributed by atoms with Gasteiger partial charge in [0.25, 0.3) is 0 Å². The molecule has 1 saturated heterocycles. The molecule has 0 aromatic carbocycles. The molecule has 2 rings (SSSR count). The minimum absolute atomic E-state index is 0.720.